The number of para-hydroxylation sites is 1. The van der Waals surface area contributed by atoms with Crippen LogP contribution in [-0.2, 0) is 14.3 Å². The van der Waals surface area contributed by atoms with E-state index < -0.39 is 35.8 Å². The van der Waals surface area contributed by atoms with Gasteiger partial charge in [-0.3, -0.25) is 14.4 Å². The first-order chi connectivity index (χ1) is 16.9. The standard InChI is InChI=1S/C25H19FN4O5/c26-16-10-12-17(13-11-16)28-21(31)14-27-22(32)15-35-25(34)23-19-8-4-5-9-20(19)24(33)30(29-23)18-6-2-1-3-7-18/h1-13H,14-15H2,(H,27,32)(H,28,31). The maximum atomic E-state index is 12.9. The van der Waals surface area contributed by atoms with Crippen LogP contribution in [0.5, 0.6) is 0 Å². The van der Waals surface area contributed by atoms with E-state index in [2.05, 4.69) is 15.7 Å². The lowest BCUT2D eigenvalue weighted by molar-refractivity contribution is -0.126. The van der Waals surface area contributed by atoms with Gasteiger partial charge in [0, 0.05) is 11.1 Å². The second kappa shape index (κ2) is 10.4. The van der Waals surface area contributed by atoms with Gasteiger partial charge in [0.1, 0.15) is 5.82 Å². The van der Waals surface area contributed by atoms with Crippen molar-refractivity contribution in [2.45, 2.75) is 0 Å². The fraction of sp³-hybridized carbons (Fsp3) is 0.0800. The van der Waals surface area contributed by atoms with Gasteiger partial charge in [-0.25, -0.2) is 9.18 Å². The summed E-state index contributed by atoms with van der Waals surface area (Å²) >= 11 is 0. The van der Waals surface area contributed by atoms with E-state index in [0.29, 0.717) is 11.4 Å². The number of nitrogens with zero attached hydrogens (tertiary/aromatic N) is 2. The van der Waals surface area contributed by atoms with Gasteiger partial charge >= 0.3 is 5.97 Å². The molecule has 2 amide bonds. The first-order valence-corrected chi connectivity index (χ1v) is 10.5. The Morgan fingerprint density at radius 1 is 0.857 bits per heavy atom. The number of anilines is 1. The molecule has 176 valence electrons. The van der Waals surface area contributed by atoms with Gasteiger partial charge in [-0.1, -0.05) is 36.4 Å². The van der Waals surface area contributed by atoms with Crippen molar-refractivity contribution in [3.63, 3.8) is 0 Å². The van der Waals surface area contributed by atoms with Gasteiger partial charge in [0.25, 0.3) is 11.5 Å². The molecule has 35 heavy (non-hydrogen) atoms. The number of esters is 1. The number of ether oxygens (including phenoxy) is 1. The third-order valence-corrected chi connectivity index (χ3v) is 4.91. The minimum atomic E-state index is -0.906. The molecule has 0 fully saturated rings. The third kappa shape index (κ3) is 5.56. The molecule has 0 saturated carbocycles. The molecule has 0 aliphatic heterocycles. The number of carbonyl (C=O) groups excluding carboxylic acids is 3. The largest absolute Gasteiger partial charge is 0.451 e. The molecule has 4 aromatic rings. The van der Waals surface area contributed by atoms with Crippen molar-refractivity contribution in [2.24, 2.45) is 0 Å². The molecule has 1 aromatic heterocycles. The fourth-order valence-electron chi connectivity index (χ4n) is 3.25. The quantitative estimate of drug-likeness (QED) is 0.397. The maximum absolute atomic E-state index is 12.9. The molecule has 0 atom stereocenters. The first-order valence-electron chi connectivity index (χ1n) is 10.5. The average Bonchev–Trinajstić information content (AvgIpc) is 2.88. The number of hydrogen-bond acceptors (Lipinski definition) is 6. The van der Waals surface area contributed by atoms with Crippen molar-refractivity contribution in [3.8, 4) is 5.69 Å². The van der Waals surface area contributed by atoms with Gasteiger partial charge in [-0.15, -0.1) is 0 Å². The number of benzene rings is 3. The van der Waals surface area contributed by atoms with E-state index in [-0.39, 0.29) is 23.0 Å². The van der Waals surface area contributed by atoms with Crippen LogP contribution in [0.15, 0.2) is 83.7 Å². The highest BCUT2D eigenvalue weighted by atomic mass is 19.1. The average molecular weight is 474 g/mol. The summed E-state index contributed by atoms with van der Waals surface area (Å²) in [5.74, 6) is -2.61. The number of amides is 2. The van der Waals surface area contributed by atoms with Gasteiger partial charge in [0.05, 0.1) is 17.6 Å². The Labute approximate surface area is 198 Å². The van der Waals surface area contributed by atoms with E-state index in [0.717, 1.165) is 4.68 Å². The van der Waals surface area contributed by atoms with Crippen molar-refractivity contribution in [2.75, 3.05) is 18.5 Å². The number of aromatic nitrogens is 2. The summed E-state index contributed by atoms with van der Waals surface area (Å²) in [6.07, 6.45) is 0. The normalized spacial score (nSPS) is 10.5. The van der Waals surface area contributed by atoms with E-state index in [1.807, 2.05) is 0 Å². The van der Waals surface area contributed by atoms with E-state index in [9.17, 15) is 23.6 Å². The second-order valence-electron chi connectivity index (χ2n) is 7.35. The predicted octanol–water partition coefficient (Wildman–Crippen LogP) is 2.44. The number of carbonyl (C=O) groups is 3. The van der Waals surface area contributed by atoms with Gasteiger partial charge in [0.2, 0.25) is 5.91 Å². The Bertz CT molecular complexity index is 1450. The Balaban J connectivity index is 1.42. The monoisotopic (exact) mass is 474 g/mol. The molecule has 9 nitrogen and oxygen atoms in total. The van der Waals surface area contributed by atoms with Crippen molar-refractivity contribution in [1.82, 2.24) is 15.1 Å². The van der Waals surface area contributed by atoms with Crippen LogP contribution in [0, 0.1) is 5.82 Å². The molecule has 1 heterocycles. The molecule has 0 radical (unpaired) electrons. The van der Waals surface area contributed by atoms with E-state index in [1.54, 1.807) is 54.6 Å². The van der Waals surface area contributed by atoms with Crippen LogP contribution in [0.4, 0.5) is 10.1 Å². The zero-order chi connectivity index (χ0) is 24.8. The topological polar surface area (TPSA) is 119 Å². The molecule has 0 aliphatic rings. The summed E-state index contributed by atoms with van der Waals surface area (Å²) < 4.78 is 19.1. The van der Waals surface area contributed by atoms with Crippen molar-refractivity contribution in [1.29, 1.82) is 0 Å². The molecular formula is C25H19FN4O5. The van der Waals surface area contributed by atoms with Crippen molar-refractivity contribution in [3.05, 3.63) is 101 Å². The number of fused-ring (bicyclic) bond motifs is 1. The predicted molar refractivity (Wildman–Crippen MR) is 126 cm³/mol. The molecule has 4 rings (SSSR count). The zero-order valence-electron chi connectivity index (χ0n) is 18.2. The molecule has 3 aromatic carbocycles. The minimum Gasteiger partial charge on any atom is -0.451 e. The van der Waals surface area contributed by atoms with E-state index in [4.69, 9.17) is 4.74 Å². The van der Waals surface area contributed by atoms with Gasteiger partial charge in [-0.05, 0) is 42.5 Å². The third-order valence-electron chi connectivity index (χ3n) is 4.91. The lowest BCUT2D eigenvalue weighted by atomic mass is 10.1. The fourth-order valence-corrected chi connectivity index (χ4v) is 3.25. The number of halogens is 1. The minimum absolute atomic E-state index is 0.133. The van der Waals surface area contributed by atoms with E-state index >= 15 is 0 Å². The summed E-state index contributed by atoms with van der Waals surface area (Å²) in [7, 11) is 0. The highest BCUT2D eigenvalue weighted by Crippen LogP contribution is 2.16. The molecule has 0 saturated heterocycles. The summed E-state index contributed by atoms with van der Waals surface area (Å²) in [6, 6.07) is 20.2. The van der Waals surface area contributed by atoms with Crippen LogP contribution in [0.1, 0.15) is 10.5 Å². The molecular weight excluding hydrogens is 455 g/mol. The lowest BCUT2D eigenvalue weighted by Gasteiger charge is -2.11. The van der Waals surface area contributed by atoms with Gasteiger partial charge in [0.15, 0.2) is 12.3 Å². The molecule has 2 N–H and O–H groups in total. The van der Waals surface area contributed by atoms with Crippen molar-refractivity contribution < 1.29 is 23.5 Å². The summed E-state index contributed by atoms with van der Waals surface area (Å²) in [4.78, 5) is 49.7. The molecule has 0 spiro atoms. The Hall–Kier alpha value is -4.86. The number of hydrogen-bond donors (Lipinski definition) is 2. The SMILES string of the molecule is O=C(COC(=O)c1nn(-c2ccccc2)c(=O)c2ccccc12)NCC(=O)Nc1ccc(F)cc1. The number of rotatable bonds is 7. The van der Waals surface area contributed by atoms with Crippen molar-refractivity contribution >= 4 is 34.2 Å². The van der Waals surface area contributed by atoms with Crippen LogP contribution >= 0.6 is 0 Å². The van der Waals surface area contributed by atoms with Crippen LogP contribution in [0.2, 0.25) is 0 Å². The van der Waals surface area contributed by atoms with Crippen LogP contribution in [0.25, 0.3) is 16.5 Å². The second-order valence-corrected chi connectivity index (χ2v) is 7.35. The van der Waals surface area contributed by atoms with E-state index in [1.165, 1.54) is 24.3 Å². The maximum Gasteiger partial charge on any atom is 0.359 e. The van der Waals surface area contributed by atoms with Crippen LogP contribution in [-0.4, -0.2) is 40.7 Å². The smallest absolute Gasteiger partial charge is 0.359 e. The van der Waals surface area contributed by atoms with Crippen LogP contribution < -0.4 is 16.2 Å². The first kappa shape index (κ1) is 23.3. The molecule has 0 bridgehead atoms. The Morgan fingerprint density at radius 2 is 1.51 bits per heavy atom. The molecule has 10 heteroatoms. The summed E-state index contributed by atoms with van der Waals surface area (Å²) in [5, 5.41) is 9.55. The molecule has 0 aliphatic carbocycles. The zero-order valence-corrected chi connectivity index (χ0v) is 18.2. The van der Waals surface area contributed by atoms with Crippen LogP contribution in [0.3, 0.4) is 0 Å². The van der Waals surface area contributed by atoms with Gasteiger partial charge < -0.3 is 15.4 Å². The summed E-state index contributed by atoms with van der Waals surface area (Å²) in [6.45, 7) is -1.04. The highest BCUT2D eigenvalue weighted by Gasteiger charge is 2.20. The Morgan fingerprint density at radius 3 is 2.23 bits per heavy atom. The molecule has 0 unspecified atom stereocenters. The summed E-state index contributed by atoms with van der Waals surface area (Å²) in [5.41, 5.74) is 0.282. The number of nitrogens with one attached hydrogen (secondary N) is 2. The lowest BCUT2D eigenvalue weighted by Crippen LogP contribution is -2.35. The Kier molecular flexibility index (Phi) is 6.91. The van der Waals surface area contributed by atoms with Gasteiger partial charge in [-0.2, -0.15) is 9.78 Å². The highest BCUT2D eigenvalue weighted by molar-refractivity contribution is 6.03.